The van der Waals surface area contributed by atoms with Gasteiger partial charge in [0.05, 0.1) is 14.2 Å². The van der Waals surface area contributed by atoms with Gasteiger partial charge in [-0.3, -0.25) is 0 Å². The molecular weight excluding hydrogens is 202 g/mol. The van der Waals surface area contributed by atoms with Crippen LogP contribution in [0, 0.1) is 0 Å². The van der Waals surface area contributed by atoms with Crippen molar-refractivity contribution in [1.29, 1.82) is 0 Å². The molecule has 1 aromatic carbocycles. The van der Waals surface area contributed by atoms with Crippen molar-refractivity contribution in [2.24, 2.45) is 5.73 Å². The zero-order valence-electron chi connectivity index (χ0n) is 10.4. The Morgan fingerprint density at radius 1 is 1.06 bits per heavy atom. The minimum Gasteiger partial charge on any atom is -0.496 e. The van der Waals surface area contributed by atoms with Crippen LogP contribution in [-0.4, -0.2) is 20.8 Å². The molecule has 0 radical (unpaired) electrons. The zero-order chi connectivity index (χ0) is 12.0. The maximum absolute atomic E-state index is 5.56. The molecular formula is C13H21NO2. The Morgan fingerprint density at radius 2 is 1.62 bits per heavy atom. The Kier molecular flexibility index (Phi) is 5.12. The first-order valence-corrected chi connectivity index (χ1v) is 5.71. The van der Waals surface area contributed by atoms with Crippen molar-refractivity contribution in [3.05, 3.63) is 23.3 Å². The predicted molar refractivity (Wildman–Crippen MR) is 66.3 cm³/mol. The molecule has 0 atom stereocenters. The molecule has 2 N–H and O–H groups in total. The van der Waals surface area contributed by atoms with Gasteiger partial charge in [-0.05, 0) is 37.9 Å². The predicted octanol–water partition coefficient (Wildman–Crippen LogP) is 2.16. The van der Waals surface area contributed by atoms with E-state index in [2.05, 4.69) is 6.92 Å². The molecule has 0 fully saturated rings. The molecule has 0 spiro atoms. The minimum absolute atomic E-state index is 0.698. The van der Waals surface area contributed by atoms with E-state index < -0.39 is 0 Å². The van der Waals surface area contributed by atoms with Crippen molar-refractivity contribution < 1.29 is 9.47 Å². The van der Waals surface area contributed by atoms with Crippen LogP contribution in [0.1, 0.15) is 24.5 Å². The summed E-state index contributed by atoms with van der Waals surface area (Å²) in [4.78, 5) is 0. The third-order valence-corrected chi connectivity index (χ3v) is 2.77. The molecule has 0 saturated heterocycles. The van der Waals surface area contributed by atoms with Gasteiger partial charge < -0.3 is 15.2 Å². The van der Waals surface area contributed by atoms with Crippen LogP contribution in [0.5, 0.6) is 11.5 Å². The first-order chi connectivity index (χ1) is 7.78. The lowest BCUT2D eigenvalue weighted by atomic mass is 9.98. The van der Waals surface area contributed by atoms with E-state index in [1.54, 1.807) is 14.2 Å². The first-order valence-electron chi connectivity index (χ1n) is 5.71. The fourth-order valence-corrected chi connectivity index (χ4v) is 1.97. The molecule has 1 aromatic rings. The molecule has 0 saturated carbocycles. The lowest BCUT2D eigenvalue weighted by Crippen LogP contribution is -2.05. The van der Waals surface area contributed by atoms with Gasteiger partial charge in [0.1, 0.15) is 11.5 Å². The summed E-state index contributed by atoms with van der Waals surface area (Å²) in [7, 11) is 3.40. The van der Waals surface area contributed by atoms with Crippen molar-refractivity contribution >= 4 is 0 Å². The quantitative estimate of drug-likeness (QED) is 0.803. The number of benzene rings is 1. The number of nitrogens with two attached hydrogens (primary N) is 1. The van der Waals surface area contributed by atoms with Crippen molar-refractivity contribution in [2.45, 2.75) is 26.2 Å². The van der Waals surface area contributed by atoms with Crippen LogP contribution in [0.4, 0.5) is 0 Å². The molecule has 3 heteroatoms. The van der Waals surface area contributed by atoms with Gasteiger partial charge in [0.25, 0.3) is 0 Å². The first kappa shape index (κ1) is 12.8. The normalized spacial score (nSPS) is 10.2. The SMILES string of the molecule is CCc1c(OC)ccc(OC)c1CCCN. The van der Waals surface area contributed by atoms with Crippen LogP contribution >= 0.6 is 0 Å². The molecule has 0 aliphatic rings. The summed E-state index contributed by atoms with van der Waals surface area (Å²) < 4.78 is 10.8. The number of methoxy groups -OCH3 is 2. The topological polar surface area (TPSA) is 44.5 Å². The summed E-state index contributed by atoms with van der Waals surface area (Å²) in [5.41, 5.74) is 8.02. The van der Waals surface area contributed by atoms with Crippen molar-refractivity contribution in [1.82, 2.24) is 0 Å². The summed E-state index contributed by atoms with van der Waals surface area (Å²) in [6, 6.07) is 3.92. The minimum atomic E-state index is 0.698. The van der Waals surface area contributed by atoms with E-state index in [4.69, 9.17) is 15.2 Å². The largest absolute Gasteiger partial charge is 0.496 e. The molecule has 90 valence electrons. The van der Waals surface area contributed by atoms with Crippen molar-refractivity contribution in [3.8, 4) is 11.5 Å². The third kappa shape index (κ3) is 2.67. The Labute approximate surface area is 97.6 Å². The number of hydrogen-bond donors (Lipinski definition) is 1. The molecule has 0 heterocycles. The van der Waals surface area contributed by atoms with E-state index in [1.807, 2.05) is 12.1 Å². The number of hydrogen-bond acceptors (Lipinski definition) is 3. The van der Waals surface area contributed by atoms with Crippen molar-refractivity contribution in [2.75, 3.05) is 20.8 Å². The van der Waals surface area contributed by atoms with E-state index in [-0.39, 0.29) is 0 Å². The fourth-order valence-electron chi connectivity index (χ4n) is 1.97. The molecule has 0 aromatic heterocycles. The van der Waals surface area contributed by atoms with Gasteiger partial charge in [0.2, 0.25) is 0 Å². The second kappa shape index (κ2) is 6.38. The van der Waals surface area contributed by atoms with Crippen LogP contribution in [0.2, 0.25) is 0 Å². The van der Waals surface area contributed by atoms with E-state index in [0.717, 1.165) is 30.8 Å². The van der Waals surface area contributed by atoms with Crippen LogP contribution in [-0.2, 0) is 12.8 Å². The highest BCUT2D eigenvalue weighted by molar-refractivity contribution is 5.48. The van der Waals surface area contributed by atoms with Gasteiger partial charge in [-0.25, -0.2) is 0 Å². The van der Waals surface area contributed by atoms with Gasteiger partial charge in [0.15, 0.2) is 0 Å². The molecule has 0 aliphatic carbocycles. The highest BCUT2D eigenvalue weighted by atomic mass is 16.5. The molecule has 1 rings (SSSR count). The standard InChI is InChI=1S/C13H21NO2/c1-4-10-11(6-5-9-14)13(16-3)8-7-12(10)15-2/h7-8H,4-6,9,14H2,1-3H3. The lowest BCUT2D eigenvalue weighted by molar-refractivity contribution is 0.394. The monoisotopic (exact) mass is 223 g/mol. The Bertz CT molecular complexity index is 337. The van der Waals surface area contributed by atoms with E-state index in [0.29, 0.717) is 6.54 Å². The number of ether oxygens (including phenoxy) is 2. The average Bonchev–Trinajstić information content (AvgIpc) is 2.34. The van der Waals surface area contributed by atoms with Crippen LogP contribution in [0.15, 0.2) is 12.1 Å². The van der Waals surface area contributed by atoms with Gasteiger partial charge in [-0.1, -0.05) is 6.92 Å². The molecule has 16 heavy (non-hydrogen) atoms. The lowest BCUT2D eigenvalue weighted by Gasteiger charge is -2.16. The van der Waals surface area contributed by atoms with Crippen LogP contribution < -0.4 is 15.2 Å². The van der Waals surface area contributed by atoms with Crippen LogP contribution in [0.3, 0.4) is 0 Å². The van der Waals surface area contributed by atoms with Gasteiger partial charge in [-0.15, -0.1) is 0 Å². The maximum Gasteiger partial charge on any atom is 0.122 e. The summed E-state index contributed by atoms with van der Waals surface area (Å²) in [5, 5.41) is 0. The van der Waals surface area contributed by atoms with E-state index >= 15 is 0 Å². The molecule has 0 unspecified atom stereocenters. The zero-order valence-corrected chi connectivity index (χ0v) is 10.4. The molecule has 0 bridgehead atoms. The summed E-state index contributed by atoms with van der Waals surface area (Å²) in [6.07, 6.45) is 2.86. The second-order valence-electron chi connectivity index (χ2n) is 3.67. The summed E-state index contributed by atoms with van der Waals surface area (Å²) in [6.45, 7) is 2.83. The smallest absolute Gasteiger partial charge is 0.122 e. The van der Waals surface area contributed by atoms with Crippen molar-refractivity contribution in [3.63, 3.8) is 0 Å². The Morgan fingerprint density at radius 3 is 2.06 bits per heavy atom. The van der Waals surface area contributed by atoms with Gasteiger partial charge in [-0.2, -0.15) is 0 Å². The van der Waals surface area contributed by atoms with Gasteiger partial charge in [0, 0.05) is 11.1 Å². The van der Waals surface area contributed by atoms with E-state index in [1.165, 1.54) is 11.1 Å². The number of rotatable bonds is 6. The Balaban J connectivity index is 3.14. The molecule has 3 nitrogen and oxygen atoms in total. The fraction of sp³-hybridized carbons (Fsp3) is 0.538. The average molecular weight is 223 g/mol. The van der Waals surface area contributed by atoms with E-state index in [9.17, 15) is 0 Å². The molecule has 0 aliphatic heterocycles. The van der Waals surface area contributed by atoms with Crippen LogP contribution in [0.25, 0.3) is 0 Å². The van der Waals surface area contributed by atoms with Gasteiger partial charge >= 0.3 is 0 Å². The summed E-state index contributed by atoms with van der Waals surface area (Å²) >= 11 is 0. The summed E-state index contributed by atoms with van der Waals surface area (Å²) in [5.74, 6) is 1.88. The second-order valence-corrected chi connectivity index (χ2v) is 3.67. The highest BCUT2D eigenvalue weighted by Crippen LogP contribution is 2.31. The maximum atomic E-state index is 5.56. The Hall–Kier alpha value is -1.22. The molecule has 0 amide bonds. The third-order valence-electron chi connectivity index (χ3n) is 2.77. The highest BCUT2D eigenvalue weighted by Gasteiger charge is 2.12.